The molecule has 2 aliphatic heterocycles. The van der Waals surface area contributed by atoms with Crippen molar-refractivity contribution in [3.05, 3.63) is 12.4 Å². The summed E-state index contributed by atoms with van der Waals surface area (Å²) >= 11 is 2.11. The van der Waals surface area contributed by atoms with Crippen molar-refractivity contribution in [3.63, 3.8) is 0 Å². The number of imidazole rings is 1. The van der Waals surface area contributed by atoms with Crippen molar-refractivity contribution >= 4 is 17.7 Å². The standard InChI is InChI=1S/C8H11N3S/c1-2-10-8(9-1)11-4-7-3-6(11)5-12-7/h1-2,6-7H,3-5H2,(H,9,10). The molecule has 64 valence electrons. The zero-order chi connectivity index (χ0) is 7.97. The summed E-state index contributed by atoms with van der Waals surface area (Å²) < 4.78 is 0. The molecule has 2 atom stereocenters. The lowest BCUT2D eigenvalue weighted by Crippen LogP contribution is -2.34. The second-order valence-corrected chi connectivity index (χ2v) is 4.74. The van der Waals surface area contributed by atoms with Gasteiger partial charge in [-0.15, -0.1) is 0 Å². The van der Waals surface area contributed by atoms with Crippen LogP contribution in [0.15, 0.2) is 12.4 Å². The molecule has 2 aliphatic rings. The third-order valence-corrected chi connectivity index (χ3v) is 4.05. The maximum absolute atomic E-state index is 4.28. The molecule has 0 aromatic carbocycles. The Morgan fingerprint density at radius 2 is 2.67 bits per heavy atom. The Morgan fingerprint density at radius 1 is 1.67 bits per heavy atom. The largest absolute Gasteiger partial charge is 0.337 e. The minimum Gasteiger partial charge on any atom is -0.337 e. The summed E-state index contributed by atoms with van der Waals surface area (Å²) in [6, 6.07) is 0.742. The predicted molar refractivity (Wildman–Crippen MR) is 50.6 cm³/mol. The van der Waals surface area contributed by atoms with Gasteiger partial charge in [0.25, 0.3) is 0 Å². The van der Waals surface area contributed by atoms with Gasteiger partial charge >= 0.3 is 0 Å². The predicted octanol–water partition coefficient (Wildman–Crippen LogP) is 1.10. The Kier molecular flexibility index (Phi) is 1.38. The number of hydrogen-bond acceptors (Lipinski definition) is 3. The second kappa shape index (κ2) is 2.42. The smallest absolute Gasteiger partial charge is 0.203 e. The molecule has 0 aliphatic carbocycles. The van der Waals surface area contributed by atoms with Crippen LogP contribution in [0.25, 0.3) is 0 Å². The number of fused-ring (bicyclic) bond motifs is 2. The van der Waals surface area contributed by atoms with Gasteiger partial charge in [-0.05, 0) is 6.42 Å². The van der Waals surface area contributed by atoms with Gasteiger partial charge in [0.2, 0.25) is 5.95 Å². The van der Waals surface area contributed by atoms with Crippen LogP contribution < -0.4 is 4.90 Å². The highest BCUT2D eigenvalue weighted by Gasteiger charge is 2.39. The first-order valence-corrected chi connectivity index (χ1v) is 5.36. The van der Waals surface area contributed by atoms with Crippen molar-refractivity contribution in [2.45, 2.75) is 17.7 Å². The molecule has 2 saturated heterocycles. The number of anilines is 1. The number of H-pyrrole nitrogens is 1. The third kappa shape index (κ3) is 0.874. The van der Waals surface area contributed by atoms with Gasteiger partial charge in [0.05, 0.1) is 0 Å². The average Bonchev–Trinajstić information content (AvgIpc) is 2.81. The number of thioether (sulfide) groups is 1. The molecule has 3 heterocycles. The summed E-state index contributed by atoms with van der Waals surface area (Å²) in [4.78, 5) is 9.85. The molecule has 2 unspecified atom stereocenters. The van der Waals surface area contributed by atoms with Gasteiger partial charge < -0.3 is 9.88 Å². The third-order valence-electron chi connectivity index (χ3n) is 2.66. The van der Waals surface area contributed by atoms with Gasteiger partial charge in [-0.25, -0.2) is 4.98 Å². The quantitative estimate of drug-likeness (QED) is 0.704. The second-order valence-electron chi connectivity index (χ2n) is 3.41. The molecule has 3 nitrogen and oxygen atoms in total. The summed E-state index contributed by atoms with van der Waals surface area (Å²) in [6.45, 7) is 1.18. The van der Waals surface area contributed by atoms with Crippen molar-refractivity contribution in [2.24, 2.45) is 0 Å². The SMILES string of the molecule is c1c[nH]c(N2CC3CC2CS3)n1. The van der Waals surface area contributed by atoms with Gasteiger partial charge in [0.1, 0.15) is 0 Å². The monoisotopic (exact) mass is 181 g/mol. The van der Waals surface area contributed by atoms with Crippen molar-refractivity contribution in [1.29, 1.82) is 0 Å². The van der Waals surface area contributed by atoms with E-state index in [4.69, 9.17) is 0 Å². The Morgan fingerprint density at radius 3 is 3.25 bits per heavy atom. The summed E-state index contributed by atoms with van der Waals surface area (Å²) in [7, 11) is 0. The normalized spacial score (nSPS) is 33.2. The summed E-state index contributed by atoms with van der Waals surface area (Å²) in [5.74, 6) is 2.34. The first kappa shape index (κ1) is 6.83. The number of nitrogens with zero attached hydrogens (tertiary/aromatic N) is 2. The van der Waals surface area contributed by atoms with Crippen LogP contribution in [0.3, 0.4) is 0 Å². The van der Waals surface area contributed by atoms with E-state index in [-0.39, 0.29) is 0 Å². The van der Waals surface area contributed by atoms with Gasteiger partial charge in [0.15, 0.2) is 0 Å². The Hall–Kier alpha value is -0.640. The van der Waals surface area contributed by atoms with E-state index in [9.17, 15) is 0 Å². The van der Waals surface area contributed by atoms with Gasteiger partial charge in [-0.1, -0.05) is 0 Å². The molecule has 0 amide bonds. The van der Waals surface area contributed by atoms with E-state index < -0.39 is 0 Å². The minimum absolute atomic E-state index is 0.742. The molecule has 0 saturated carbocycles. The van der Waals surface area contributed by atoms with Crippen molar-refractivity contribution in [1.82, 2.24) is 9.97 Å². The maximum Gasteiger partial charge on any atom is 0.203 e. The molecule has 0 spiro atoms. The number of aromatic amines is 1. The van der Waals surface area contributed by atoms with Crippen LogP contribution in [0.4, 0.5) is 5.95 Å². The highest BCUT2D eigenvalue weighted by Crippen LogP contribution is 2.38. The van der Waals surface area contributed by atoms with Crippen molar-refractivity contribution in [3.8, 4) is 0 Å². The number of hydrogen-bond donors (Lipinski definition) is 1. The Balaban J connectivity index is 1.87. The first-order valence-electron chi connectivity index (χ1n) is 4.31. The Bertz CT molecular complexity index is 272. The summed E-state index contributed by atoms with van der Waals surface area (Å²) in [5, 5.41) is 0.861. The summed E-state index contributed by atoms with van der Waals surface area (Å²) in [6.07, 6.45) is 5.08. The van der Waals surface area contributed by atoms with Crippen LogP contribution in [0.5, 0.6) is 0 Å². The molecular weight excluding hydrogens is 170 g/mol. The molecule has 4 heteroatoms. The van der Waals surface area contributed by atoms with Crippen LogP contribution >= 0.6 is 11.8 Å². The number of nitrogens with one attached hydrogen (secondary N) is 1. The zero-order valence-corrected chi connectivity index (χ0v) is 7.55. The highest BCUT2D eigenvalue weighted by atomic mass is 32.2. The lowest BCUT2D eigenvalue weighted by Gasteiger charge is -2.25. The fourth-order valence-corrected chi connectivity index (χ4v) is 3.51. The molecule has 1 aromatic rings. The molecule has 0 radical (unpaired) electrons. The lowest BCUT2D eigenvalue weighted by molar-refractivity contribution is 0.744. The van der Waals surface area contributed by atoms with Crippen molar-refractivity contribution in [2.75, 3.05) is 17.2 Å². The molecule has 2 bridgehead atoms. The fraction of sp³-hybridized carbons (Fsp3) is 0.625. The number of rotatable bonds is 1. The summed E-state index contributed by atoms with van der Waals surface area (Å²) in [5.41, 5.74) is 0. The van der Waals surface area contributed by atoms with Gasteiger partial charge in [-0.2, -0.15) is 11.8 Å². The van der Waals surface area contributed by atoms with E-state index in [1.807, 2.05) is 12.4 Å². The van der Waals surface area contributed by atoms with E-state index in [1.165, 1.54) is 18.7 Å². The van der Waals surface area contributed by atoms with Gasteiger partial charge in [0, 0.05) is 36.0 Å². The van der Waals surface area contributed by atoms with E-state index >= 15 is 0 Å². The molecule has 3 rings (SSSR count). The average molecular weight is 181 g/mol. The lowest BCUT2D eigenvalue weighted by atomic mass is 10.2. The van der Waals surface area contributed by atoms with Crippen molar-refractivity contribution < 1.29 is 0 Å². The first-order chi connectivity index (χ1) is 5.93. The highest BCUT2D eigenvalue weighted by molar-refractivity contribution is 8.00. The van der Waals surface area contributed by atoms with Gasteiger partial charge in [-0.3, -0.25) is 0 Å². The van der Waals surface area contributed by atoms with Crippen LogP contribution in [-0.4, -0.2) is 33.6 Å². The maximum atomic E-state index is 4.28. The molecule has 1 N–H and O–H groups in total. The number of aromatic nitrogens is 2. The molecule has 1 aromatic heterocycles. The van der Waals surface area contributed by atoms with Crippen LogP contribution in [0.1, 0.15) is 6.42 Å². The van der Waals surface area contributed by atoms with Crippen LogP contribution in [0, 0.1) is 0 Å². The van der Waals surface area contributed by atoms with E-state index in [0.717, 1.165) is 17.2 Å². The van der Waals surface area contributed by atoms with E-state index in [2.05, 4.69) is 26.6 Å². The minimum atomic E-state index is 0.742. The van der Waals surface area contributed by atoms with E-state index in [0.29, 0.717) is 0 Å². The topological polar surface area (TPSA) is 31.9 Å². The zero-order valence-electron chi connectivity index (χ0n) is 6.73. The fourth-order valence-electron chi connectivity index (χ4n) is 2.07. The molecular formula is C8H11N3S. The Labute approximate surface area is 75.6 Å². The molecule has 12 heavy (non-hydrogen) atoms. The molecule has 2 fully saturated rings. The van der Waals surface area contributed by atoms with Crippen LogP contribution in [0.2, 0.25) is 0 Å². The van der Waals surface area contributed by atoms with Crippen LogP contribution in [-0.2, 0) is 0 Å². The van der Waals surface area contributed by atoms with E-state index in [1.54, 1.807) is 0 Å².